The summed E-state index contributed by atoms with van der Waals surface area (Å²) in [6.07, 6.45) is -3.45. The van der Waals surface area contributed by atoms with Gasteiger partial charge in [0.25, 0.3) is 0 Å². The smallest absolute Gasteiger partial charge is 0.338 e. The highest BCUT2D eigenvalue weighted by atomic mass is 32.2. The lowest BCUT2D eigenvalue weighted by atomic mass is 10.3. The lowest BCUT2D eigenvalue weighted by Gasteiger charge is -2.08. The zero-order valence-electron chi connectivity index (χ0n) is 13.1. The van der Waals surface area contributed by atoms with Crippen LogP contribution in [0.25, 0.3) is 16.3 Å². The van der Waals surface area contributed by atoms with Crippen molar-refractivity contribution in [3.8, 4) is 10.7 Å². The van der Waals surface area contributed by atoms with Crippen LogP contribution in [0, 0.1) is 0 Å². The zero-order valence-corrected chi connectivity index (χ0v) is 14.8. The number of thiophene rings is 1. The van der Waals surface area contributed by atoms with E-state index in [2.05, 4.69) is 20.3 Å². The Labute approximate surface area is 153 Å². The Morgan fingerprint density at radius 1 is 1.23 bits per heavy atom. The van der Waals surface area contributed by atoms with Gasteiger partial charge in [-0.15, -0.1) is 21.5 Å². The van der Waals surface area contributed by atoms with Crippen molar-refractivity contribution in [2.24, 2.45) is 0 Å². The number of hydrogen-bond acceptors (Lipinski definition) is 7. The number of halogens is 3. The third-order valence-corrected chi connectivity index (χ3v) is 5.42. The van der Waals surface area contributed by atoms with E-state index in [9.17, 15) is 13.2 Å². The number of fused-ring (bicyclic) bond motifs is 1. The second-order valence-electron chi connectivity index (χ2n) is 5.32. The maximum absolute atomic E-state index is 12.9. The van der Waals surface area contributed by atoms with Crippen LogP contribution in [0.4, 0.5) is 13.2 Å². The summed E-state index contributed by atoms with van der Waals surface area (Å²) in [6.45, 7) is 1.81. The van der Waals surface area contributed by atoms with Gasteiger partial charge in [-0.25, -0.2) is 0 Å². The van der Waals surface area contributed by atoms with E-state index in [0.717, 1.165) is 17.1 Å². The lowest BCUT2D eigenvalue weighted by Crippen LogP contribution is -2.06. The summed E-state index contributed by atoms with van der Waals surface area (Å²) in [4.78, 5) is 5.22. The van der Waals surface area contributed by atoms with Crippen LogP contribution in [0.2, 0.25) is 0 Å². The second-order valence-corrected chi connectivity index (χ2v) is 7.58. The highest BCUT2D eigenvalue weighted by molar-refractivity contribution is 7.99. The Hall–Kier alpha value is -2.40. The summed E-state index contributed by atoms with van der Waals surface area (Å²) in [5, 5.41) is 13.7. The van der Waals surface area contributed by atoms with Crippen molar-refractivity contribution < 1.29 is 17.7 Å². The van der Waals surface area contributed by atoms with Gasteiger partial charge in [0.05, 0.1) is 15.7 Å². The van der Waals surface area contributed by atoms with E-state index in [1.807, 2.05) is 24.4 Å². The average Bonchev–Trinajstić information content (AvgIpc) is 3.34. The zero-order chi connectivity index (χ0) is 18.3. The molecule has 1 unspecified atom stereocenters. The summed E-state index contributed by atoms with van der Waals surface area (Å²) in [6, 6.07) is 6.02. The lowest BCUT2D eigenvalue weighted by molar-refractivity contribution is -0.137. The highest BCUT2D eigenvalue weighted by Gasteiger charge is 2.31. The van der Waals surface area contributed by atoms with Crippen molar-refractivity contribution in [1.29, 1.82) is 0 Å². The molecule has 26 heavy (non-hydrogen) atoms. The quantitative estimate of drug-likeness (QED) is 0.465. The standard InChI is InChI=1S/C15H10F3N5OS2/c1-8(13-19-12(22-24-13)10-3-2-6-25-10)26-14-21-20-11-5-4-9(7-23(11)14)15(16,17)18/h2-8H,1H3. The van der Waals surface area contributed by atoms with E-state index in [4.69, 9.17) is 4.52 Å². The van der Waals surface area contributed by atoms with Crippen LogP contribution < -0.4 is 0 Å². The summed E-state index contributed by atoms with van der Waals surface area (Å²) in [5.41, 5.74) is -0.436. The fourth-order valence-corrected chi connectivity index (χ4v) is 3.74. The van der Waals surface area contributed by atoms with E-state index < -0.39 is 11.7 Å². The number of aromatic nitrogens is 5. The highest BCUT2D eigenvalue weighted by Crippen LogP contribution is 2.35. The third-order valence-electron chi connectivity index (χ3n) is 3.51. The molecule has 0 radical (unpaired) electrons. The molecule has 0 amide bonds. The van der Waals surface area contributed by atoms with Crippen LogP contribution in [0.1, 0.15) is 23.6 Å². The van der Waals surface area contributed by atoms with Crippen LogP contribution in [-0.4, -0.2) is 24.7 Å². The van der Waals surface area contributed by atoms with E-state index in [1.165, 1.54) is 33.6 Å². The predicted molar refractivity (Wildman–Crippen MR) is 89.9 cm³/mol. The van der Waals surface area contributed by atoms with Gasteiger partial charge < -0.3 is 4.52 Å². The number of pyridine rings is 1. The maximum atomic E-state index is 12.9. The molecule has 4 rings (SSSR count). The summed E-state index contributed by atoms with van der Waals surface area (Å²) in [5.74, 6) is 0.843. The Balaban J connectivity index is 1.60. The van der Waals surface area contributed by atoms with Crippen LogP contribution in [-0.2, 0) is 6.18 Å². The van der Waals surface area contributed by atoms with Gasteiger partial charge in [-0.1, -0.05) is 23.0 Å². The largest absolute Gasteiger partial charge is 0.417 e. The Morgan fingerprint density at radius 3 is 2.81 bits per heavy atom. The minimum Gasteiger partial charge on any atom is -0.338 e. The molecular formula is C15H10F3N5OS2. The molecule has 1 atom stereocenters. The number of rotatable bonds is 4. The van der Waals surface area contributed by atoms with Crippen molar-refractivity contribution in [3.05, 3.63) is 47.3 Å². The van der Waals surface area contributed by atoms with Gasteiger partial charge >= 0.3 is 6.18 Å². The SMILES string of the molecule is CC(Sc1nnc2ccc(C(F)(F)F)cn12)c1nc(-c2cccs2)no1. The Bertz CT molecular complexity index is 1040. The maximum Gasteiger partial charge on any atom is 0.417 e. The van der Waals surface area contributed by atoms with Crippen molar-refractivity contribution in [2.75, 3.05) is 0 Å². The van der Waals surface area contributed by atoms with Gasteiger partial charge in [-0.2, -0.15) is 18.2 Å². The summed E-state index contributed by atoms with van der Waals surface area (Å²) < 4.78 is 45.4. The Kier molecular flexibility index (Phi) is 4.19. The van der Waals surface area contributed by atoms with Crippen molar-refractivity contribution in [1.82, 2.24) is 24.7 Å². The van der Waals surface area contributed by atoms with Crippen LogP contribution in [0.15, 0.2) is 45.5 Å². The van der Waals surface area contributed by atoms with E-state index in [-0.39, 0.29) is 5.25 Å². The van der Waals surface area contributed by atoms with Crippen molar-refractivity contribution in [3.63, 3.8) is 0 Å². The van der Waals surface area contributed by atoms with Gasteiger partial charge in [0.15, 0.2) is 10.8 Å². The van der Waals surface area contributed by atoms with Crippen molar-refractivity contribution in [2.45, 2.75) is 23.5 Å². The molecule has 0 aliphatic rings. The molecule has 11 heteroatoms. The molecule has 6 nitrogen and oxygen atoms in total. The number of thioether (sulfide) groups is 1. The molecule has 4 aromatic rings. The predicted octanol–water partition coefficient (Wildman–Crippen LogP) is 4.71. The normalized spacial score (nSPS) is 13.4. The molecular weight excluding hydrogens is 387 g/mol. The van der Waals surface area contributed by atoms with Crippen LogP contribution in [0.3, 0.4) is 0 Å². The topological polar surface area (TPSA) is 69.1 Å². The molecule has 4 aromatic heterocycles. The van der Waals surface area contributed by atoms with Crippen LogP contribution in [0.5, 0.6) is 0 Å². The molecule has 0 aromatic carbocycles. The van der Waals surface area contributed by atoms with Gasteiger partial charge in [0.2, 0.25) is 11.7 Å². The Morgan fingerprint density at radius 2 is 2.08 bits per heavy atom. The van der Waals surface area contributed by atoms with Crippen LogP contribution >= 0.6 is 23.1 Å². The molecule has 4 heterocycles. The van der Waals surface area contributed by atoms with E-state index in [0.29, 0.717) is 22.5 Å². The molecule has 0 spiro atoms. The van der Waals surface area contributed by atoms with Gasteiger partial charge in [-0.05, 0) is 30.5 Å². The molecule has 0 fully saturated rings. The fourth-order valence-electron chi connectivity index (χ4n) is 2.23. The molecule has 0 saturated carbocycles. The summed E-state index contributed by atoms with van der Waals surface area (Å²) >= 11 is 2.68. The number of alkyl halides is 3. The monoisotopic (exact) mass is 397 g/mol. The van der Waals surface area contributed by atoms with Gasteiger partial charge in [0, 0.05) is 6.20 Å². The first-order valence-electron chi connectivity index (χ1n) is 7.38. The van der Waals surface area contributed by atoms with E-state index >= 15 is 0 Å². The first-order chi connectivity index (χ1) is 12.4. The first-order valence-corrected chi connectivity index (χ1v) is 9.14. The first kappa shape index (κ1) is 17.0. The minimum absolute atomic E-state index is 0.307. The van der Waals surface area contributed by atoms with E-state index in [1.54, 1.807) is 0 Å². The molecule has 0 aliphatic carbocycles. The van der Waals surface area contributed by atoms with Crippen molar-refractivity contribution >= 4 is 28.7 Å². The second kappa shape index (κ2) is 6.40. The minimum atomic E-state index is -4.44. The number of hydrogen-bond donors (Lipinski definition) is 0. The summed E-state index contributed by atoms with van der Waals surface area (Å²) in [7, 11) is 0. The molecule has 134 valence electrons. The molecule has 0 N–H and O–H groups in total. The average molecular weight is 397 g/mol. The third kappa shape index (κ3) is 3.19. The molecule has 0 aliphatic heterocycles. The fraction of sp³-hybridized carbons (Fsp3) is 0.200. The number of nitrogens with zero attached hydrogens (tertiary/aromatic N) is 5. The van der Waals surface area contributed by atoms with Gasteiger partial charge in [-0.3, -0.25) is 4.40 Å². The molecule has 0 saturated heterocycles. The molecule has 0 bridgehead atoms. The van der Waals surface area contributed by atoms with Gasteiger partial charge in [0.1, 0.15) is 0 Å².